The van der Waals surface area contributed by atoms with Crippen LogP contribution in [0.25, 0.3) is 0 Å². The molecule has 0 fully saturated rings. The molecule has 0 N–H and O–H groups in total. The first-order chi connectivity index (χ1) is 35.5. The molecule has 0 bridgehead atoms. The zero-order chi connectivity index (χ0) is 52.2. The van der Waals surface area contributed by atoms with E-state index in [0.717, 1.165) is 122 Å². The molecule has 0 radical (unpaired) electrons. The Bertz CT molecular complexity index is 1430. The van der Waals surface area contributed by atoms with Gasteiger partial charge in [-0.2, -0.15) is 0 Å². The highest BCUT2D eigenvalue weighted by molar-refractivity contribution is 5.71. The lowest BCUT2D eigenvalue weighted by Gasteiger charge is -2.18. The summed E-state index contributed by atoms with van der Waals surface area (Å²) in [5.74, 6) is -0.898. The molecule has 0 rings (SSSR count). The van der Waals surface area contributed by atoms with E-state index in [9.17, 15) is 14.4 Å². The summed E-state index contributed by atoms with van der Waals surface area (Å²) in [6.45, 7) is 6.46. The molecule has 6 nitrogen and oxygen atoms in total. The van der Waals surface area contributed by atoms with Gasteiger partial charge in [-0.25, -0.2) is 0 Å². The minimum Gasteiger partial charge on any atom is -0.462 e. The Morgan fingerprint density at radius 3 is 0.917 bits per heavy atom. The highest BCUT2D eigenvalue weighted by Gasteiger charge is 2.19. The van der Waals surface area contributed by atoms with E-state index >= 15 is 0 Å². The van der Waals surface area contributed by atoms with Crippen LogP contribution in [0.1, 0.15) is 284 Å². The Morgan fingerprint density at radius 1 is 0.292 bits per heavy atom. The van der Waals surface area contributed by atoms with Gasteiger partial charge in [0.15, 0.2) is 6.10 Å². The van der Waals surface area contributed by atoms with Crippen LogP contribution in [0.4, 0.5) is 0 Å². The maximum atomic E-state index is 12.8. The second-order valence-corrected chi connectivity index (χ2v) is 19.9. The highest BCUT2D eigenvalue weighted by atomic mass is 16.6. The summed E-state index contributed by atoms with van der Waals surface area (Å²) >= 11 is 0. The number of carbonyl (C=O) groups is 3. The van der Waals surface area contributed by atoms with Gasteiger partial charge < -0.3 is 14.2 Å². The fourth-order valence-corrected chi connectivity index (χ4v) is 8.31. The SMILES string of the molecule is CC/C=C\C/C=C\C/C=C\C/C=C\C/C=C\C/C=C\C/C=C\CCCCCCCCCC(=O)OCC(COC(=O)CCCCCCC/C=C\CCC)OC(=O)CCCCCCCCCCCCCCCCC. The number of hydrogen-bond donors (Lipinski definition) is 0. The molecule has 0 aromatic heterocycles. The molecule has 1 atom stereocenters. The molecule has 0 heterocycles. The Hall–Kier alpha value is -3.67. The van der Waals surface area contributed by atoms with E-state index in [2.05, 4.69) is 118 Å². The molecular formula is C66H112O6. The number of rotatable bonds is 54. The second-order valence-electron chi connectivity index (χ2n) is 19.9. The number of hydrogen-bond acceptors (Lipinski definition) is 6. The van der Waals surface area contributed by atoms with Crippen molar-refractivity contribution in [3.05, 3.63) is 97.2 Å². The number of ether oxygens (including phenoxy) is 3. The molecule has 0 aliphatic heterocycles. The minimum absolute atomic E-state index is 0.0833. The third kappa shape index (κ3) is 57.2. The van der Waals surface area contributed by atoms with Crippen LogP contribution in [0.3, 0.4) is 0 Å². The third-order valence-electron chi connectivity index (χ3n) is 12.8. The maximum Gasteiger partial charge on any atom is 0.306 e. The van der Waals surface area contributed by atoms with Gasteiger partial charge in [0, 0.05) is 19.3 Å². The summed E-state index contributed by atoms with van der Waals surface area (Å²) < 4.78 is 16.8. The Labute approximate surface area is 445 Å². The van der Waals surface area contributed by atoms with Crippen LogP contribution >= 0.6 is 0 Å². The van der Waals surface area contributed by atoms with E-state index in [0.29, 0.717) is 19.3 Å². The van der Waals surface area contributed by atoms with Crippen molar-refractivity contribution in [1.29, 1.82) is 0 Å². The number of unbranched alkanes of at least 4 members (excludes halogenated alkanes) is 27. The summed E-state index contributed by atoms with van der Waals surface area (Å²) in [4.78, 5) is 38.1. The summed E-state index contributed by atoms with van der Waals surface area (Å²) in [6.07, 6.45) is 79.8. The topological polar surface area (TPSA) is 78.9 Å². The average Bonchev–Trinajstić information content (AvgIpc) is 3.38. The lowest BCUT2D eigenvalue weighted by atomic mass is 10.0. The number of esters is 3. The van der Waals surface area contributed by atoms with Crippen molar-refractivity contribution in [2.45, 2.75) is 290 Å². The quantitative estimate of drug-likeness (QED) is 0.0261. The van der Waals surface area contributed by atoms with Crippen molar-refractivity contribution in [3.8, 4) is 0 Å². The van der Waals surface area contributed by atoms with Gasteiger partial charge in [0.05, 0.1) is 0 Å². The first kappa shape index (κ1) is 68.3. The van der Waals surface area contributed by atoms with E-state index in [-0.39, 0.29) is 31.1 Å². The van der Waals surface area contributed by atoms with Crippen molar-refractivity contribution < 1.29 is 28.6 Å². The standard InChI is InChI=1S/C66H112O6/c1-4-7-10-13-16-19-22-24-26-27-28-29-30-31-32-33-34-35-36-37-38-39-41-42-44-47-50-53-56-59-65(68)71-62-63(61-70-64(67)58-55-52-49-46-21-18-15-12-9-6-3)72-66(69)60-57-54-51-48-45-43-40-25-23-20-17-14-11-8-5-2/h7,10,12,15-16,19,24,26,28-29,31-32,34-35,37-38,63H,4-6,8-9,11,13-14,17-18,20-23,25,27,30,33,36,39-62H2,1-3H3/b10-7-,15-12-,19-16-,26-24-,29-28-,32-31-,35-34-,38-37-. The highest BCUT2D eigenvalue weighted by Crippen LogP contribution is 2.16. The van der Waals surface area contributed by atoms with Crippen LogP contribution in [0, 0.1) is 0 Å². The molecule has 6 heteroatoms. The largest absolute Gasteiger partial charge is 0.462 e. The Morgan fingerprint density at radius 2 is 0.569 bits per heavy atom. The molecule has 0 aromatic rings. The van der Waals surface area contributed by atoms with Gasteiger partial charge in [-0.1, -0.05) is 266 Å². The number of carbonyl (C=O) groups excluding carboxylic acids is 3. The predicted molar refractivity (Wildman–Crippen MR) is 311 cm³/mol. The van der Waals surface area contributed by atoms with Gasteiger partial charge in [-0.05, 0) is 96.3 Å². The summed E-state index contributed by atoms with van der Waals surface area (Å²) in [5, 5.41) is 0. The van der Waals surface area contributed by atoms with E-state index in [4.69, 9.17) is 14.2 Å². The molecule has 72 heavy (non-hydrogen) atoms. The van der Waals surface area contributed by atoms with Gasteiger partial charge in [0.1, 0.15) is 13.2 Å². The smallest absolute Gasteiger partial charge is 0.306 e. The summed E-state index contributed by atoms with van der Waals surface area (Å²) in [7, 11) is 0. The maximum absolute atomic E-state index is 12.8. The Balaban J connectivity index is 4.25. The molecule has 412 valence electrons. The fraction of sp³-hybridized carbons (Fsp3) is 0.712. The van der Waals surface area contributed by atoms with Crippen LogP contribution < -0.4 is 0 Å². The summed E-state index contributed by atoms with van der Waals surface area (Å²) in [5.41, 5.74) is 0. The third-order valence-corrected chi connectivity index (χ3v) is 12.8. The van der Waals surface area contributed by atoms with E-state index < -0.39 is 6.10 Å². The molecule has 0 aromatic carbocycles. The van der Waals surface area contributed by atoms with Gasteiger partial charge in [-0.15, -0.1) is 0 Å². The average molecular weight is 1000 g/mol. The summed E-state index contributed by atoms with van der Waals surface area (Å²) in [6, 6.07) is 0. The molecule has 0 saturated carbocycles. The van der Waals surface area contributed by atoms with E-state index in [1.807, 2.05) is 0 Å². The normalized spacial score (nSPS) is 12.8. The number of allylic oxidation sites excluding steroid dienone is 16. The predicted octanol–water partition coefficient (Wildman–Crippen LogP) is 20.5. The van der Waals surface area contributed by atoms with Crippen molar-refractivity contribution >= 4 is 17.9 Å². The van der Waals surface area contributed by atoms with Gasteiger partial charge >= 0.3 is 17.9 Å². The van der Waals surface area contributed by atoms with Crippen LogP contribution in [0.2, 0.25) is 0 Å². The molecule has 0 amide bonds. The zero-order valence-electron chi connectivity index (χ0n) is 47.2. The van der Waals surface area contributed by atoms with Crippen molar-refractivity contribution in [2.75, 3.05) is 13.2 Å². The molecule has 0 aliphatic carbocycles. The van der Waals surface area contributed by atoms with Gasteiger partial charge in [-0.3, -0.25) is 14.4 Å². The van der Waals surface area contributed by atoms with Gasteiger partial charge in [0.2, 0.25) is 0 Å². The van der Waals surface area contributed by atoms with E-state index in [1.54, 1.807) is 0 Å². The van der Waals surface area contributed by atoms with Gasteiger partial charge in [0.25, 0.3) is 0 Å². The monoisotopic (exact) mass is 1000 g/mol. The van der Waals surface area contributed by atoms with Crippen LogP contribution in [-0.2, 0) is 28.6 Å². The lowest BCUT2D eigenvalue weighted by Crippen LogP contribution is -2.30. The van der Waals surface area contributed by atoms with Crippen molar-refractivity contribution in [2.24, 2.45) is 0 Å². The Kier molecular flexibility index (Phi) is 56.8. The van der Waals surface area contributed by atoms with Crippen molar-refractivity contribution in [3.63, 3.8) is 0 Å². The van der Waals surface area contributed by atoms with Crippen LogP contribution in [0.15, 0.2) is 97.2 Å². The first-order valence-electron chi connectivity index (χ1n) is 30.2. The molecule has 0 aliphatic rings. The zero-order valence-corrected chi connectivity index (χ0v) is 47.2. The molecule has 1 unspecified atom stereocenters. The molecule has 0 saturated heterocycles. The van der Waals surface area contributed by atoms with E-state index in [1.165, 1.54) is 122 Å². The minimum atomic E-state index is -0.783. The second kappa shape index (κ2) is 59.9. The van der Waals surface area contributed by atoms with Crippen molar-refractivity contribution in [1.82, 2.24) is 0 Å². The first-order valence-corrected chi connectivity index (χ1v) is 30.2. The molecule has 0 spiro atoms. The van der Waals surface area contributed by atoms with Crippen LogP contribution in [-0.4, -0.2) is 37.2 Å². The van der Waals surface area contributed by atoms with Crippen LogP contribution in [0.5, 0.6) is 0 Å². The fourth-order valence-electron chi connectivity index (χ4n) is 8.31. The lowest BCUT2D eigenvalue weighted by molar-refractivity contribution is -0.167. The molecular weight excluding hydrogens is 889 g/mol.